The Morgan fingerprint density at radius 3 is 2.77 bits per heavy atom. The molecule has 1 aromatic rings. The molecule has 22 heavy (non-hydrogen) atoms. The van der Waals surface area contributed by atoms with Gasteiger partial charge in [0.2, 0.25) is 0 Å². The predicted octanol–water partition coefficient (Wildman–Crippen LogP) is 2.05. The summed E-state index contributed by atoms with van der Waals surface area (Å²) in [6.45, 7) is 5.61. The van der Waals surface area contributed by atoms with E-state index in [1.54, 1.807) is 18.2 Å². The Hall–Kier alpha value is -2.08. The van der Waals surface area contributed by atoms with Crippen LogP contribution in [-0.2, 0) is 4.74 Å². The molecule has 1 saturated heterocycles. The smallest absolute Gasteiger partial charge is 0.319 e. The third-order valence-corrected chi connectivity index (χ3v) is 3.59. The molecule has 0 spiro atoms. The third-order valence-electron chi connectivity index (χ3n) is 3.59. The second kappa shape index (κ2) is 7.79. The van der Waals surface area contributed by atoms with Crippen LogP contribution in [-0.4, -0.2) is 37.7 Å². The fourth-order valence-electron chi connectivity index (χ4n) is 2.39. The first kappa shape index (κ1) is 16.3. The standard InChI is InChI=1S/C16H23N3O3/c1-3-17-15(20)12-6-7-14(11(2)9-12)19-16(21)18-10-13-5-4-8-22-13/h6-7,9,13H,3-5,8,10H2,1-2H3,(H,17,20)(H2,18,19,21)/t13-/m0/s1. The van der Waals surface area contributed by atoms with E-state index in [-0.39, 0.29) is 18.0 Å². The van der Waals surface area contributed by atoms with Crippen molar-refractivity contribution in [2.75, 3.05) is 25.0 Å². The number of benzene rings is 1. The Morgan fingerprint density at radius 2 is 2.14 bits per heavy atom. The maximum absolute atomic E-state index is 11.9. The van der Waals surface area contributed by atoms with Gasteiger partial charge in [-0.15, -0.1) is 0 Å². The summed E-state index contributed by atoms with van der Waals surface area (Å²) >= 11 is 0. The van der Waals surface area contributed by atoms with Gasteiger partial charge in [0, 0.05) is 30.9 Å². The average molecular weight is 305 g/mol. The van der Waals surface area contributed by atoms with Crippen LogP contribution in [0, 0.1) is 6.92 Å². The van der Waals surface area contributed by atoms with Crippen molar-refractivity contribution < 1.29 is 14.3 Å². The zero-order chi connectivity index (χ0) is 15.9. The molecule has 3 amide bonds. The number of urea groups is 1. The molecule has 0 unspecified atom stereocenters. The Labute approximate surface area is 130 Å². The quantitative estimate of drug-likeness (QED) is 0.779. The third kappa shape index (κ3) is 4.46. The second-order valence-electron chi connectivity index (χ2n) is 5.36. The number of aryl methyl sites for hydroxylation is 1. The summed E-state index contributed by atoms with van der Waals surface area (Å²) in [5, 5.41) is 8.35. The number of nitrogens with one attached hydrogen (secondary N) is 3. The van der Waals surface area contributed by atoms with Gasteiger partial charge in [-0.3, -0.25) is 4.79 Å². The van der Waals surface area contributed by atoms with Crippen molar-refractivity contribution in [3.8, 4) is 0 Å². The van der Waals surface area contributed by atoms with E-state index in [2.05, 4.69) is 16.0 Å². The molecule has 6 heteroatoms. The highest BCUT2D eigenvalue weighted by molar-refractivity contribution is 5.96. The Kier molecular flexibility index (Phi) is 5.77. The Morgan fingerprint density at radius 1 is 1.32 bits per heavy atom. The molecule has 0 bridgehead atoms. The summed E-state index contributed by atoms with van der Waals surface area (Å²) in [6, 6.07) is 4.95. The summed E-state index contributed by atoms with van der Waals surface area (Å²) in [7, 11) is 0. The number of carbonyl (C=O) groups is 2. The maximum Gasteiger partial charge on any atom is 0.319 e. The van der Waals surface area contributed by atoms with Crippen LogP contribution in [0.3, 0.4) is 0 Å². The van der Waals surface area contributed by atoms with Crippen molar-refractivity contribution in [3.63, 3.8) is 0 Å². The lowest BCUT2D eigenvalue weighted by Crippen LogP contribution is -2.35. The second-order valence-corrected chi connectivity index (χ2v) is 5.36. The zero-order valence-corrected chi connectivity index (χ0v) is 13.1. The minimum Gasteiger partial charge on any atom is -0.376 e. The van der Waals surface area contributed by atoms with Crippen LogP contribution in [0.2, 0.25) is 0 Å². The van der Waals surface area contributed by atoms with Crippen LogP contribution in [0.1, 0.15) is 35.7 Å². The monoisotopic (exact) mass is 305 g/mol. The van der Waals surface area contributed by atoms with Crippen LogP contribution in [0.5, 0.6) is 0 Å². The summed E-state index contributed by atoms with van der Waals surface area (Å²) in [5.41, 5.74) is 2.12. The zero-order valence-electron chi connectivity index (χ0n) is 13.1. The first-order chi connectivity index (χ1) is 10.6. The van der Waals surface area contributed by atoms with E-state index >= 15 is 0 Å². The summed E-state index contributed by atoms with van der Waals surface area (Å²) < 4.78 is 5.46. The largest absolute Gasteiger partial charge is 0.376 e. The van der Waals surface area contributed by atoms with Crippen molar-refractivity contribution in [1.82, 2.24) is 10.6 Å². The van der Waals surface area contributed by atoms with Crippen molar-refractivity contribution in [1.29, 1.82) is 0 Å². The lowest BCUT2D eigenvalue weighted by Gasteiger charge is -2.13. The van der Waals surface area contributed by atoms with Crippen LogP contribution in [0.4, 0.5) is 10.5 Å². The molecule has 0 aromatic heterocycles. The van der Waals surface area contributed by atoms with E-state index in [9.17, 15) is 9.59 Å². The van der Waals surface area contributed by atoms with Crippen LogP contribution < -0.4 is 16.0 Å². The van der Waals surface area contributed by atoms with Gasteiger partial charge in [0.1, 0.15) is 0 Å². The van der Waals surface area contributed by atoms with Gasteiger partial charge in [0.15, 0.2) is 0 Å². The highest BCUT2D eigenvalue weighted by Crippen LogP contribution is 2.16. The highest BCUT2D eigenvalue weighted by Gasteiger charge is 2.16. The number of ether oxygens (including phenoxy) is 1. The van der Waals surface area contributed by atoms with E-state index in [0.29, 0.717) is 24.3 Å². The molecule has 0 aliphatic carbocycles. The maximum atomic E-state index is 11.9. The summed E-state index contributed by atoms with van der Waals surface area (Å²) in [5.74, 6) is -0.111. The molecule has 2 rings (SSSR count). The number of rotatable bonds is 5. The molecule has 6 nitrogen and oxygen atoms in total. The predicted molar refractivity (Wildman–Crippen MR) is 85.2 cm³/mol. The lowest BCUT2D eigenvalue weighted by atomic mass is 10.1. The lowest BCUT2D eigenvalue weighted by molar-refractivity contribution is 0.0955. The molecule has 3 N–H and O–H groups in total. The van der Waals surface area contributed by atoms with Gasteiger partial charge >= 0.3 is 6.03 Å². The van der Waals surface area contributed by atoms with Gasteiger partial charge in [-0.25, -0.2) is 4.79 Å². The number of carbonyl (C=O) groups excluding carboxylic acids is 2. The average Bonchev–Trinajstić information content (AvgIpc) is 3.01. The molecular formula is C16H23N3O3. The highest BCUT2D eigenvalue weighted by atomic mass is 16.5. The number of hydrogen-bond acceptors (Lipinski definition) is 3. The molecule has 1 atom stereocenters. The molecule has 1 aliphatic heterocycles. The summed E-state index contributed by atoms with van der Waals surface area (Å²) in [4.78, 5) is 23.6. The van der Waals surface area contributed by atoms with Gasteiger partial charge in [-0.1, -0.05) is 0 Å². The molecule has 1 fully saturated rings. The molecule has 0 saturated carbocycles. The molecular weight excluding hydrogens is 282 g/mol. The van der Waals surface area contributed by atoms with Crippen molar-refractivity contribution in [2.24, 2.45) is 0 Å². The Balaban J connectivity index is 1.88. The van der Waals surface area contributed by atoms with Gasteiger partial charge in [0.05, 0.1) is 6.10 Å². The number of amides is 3. The minimum absolute atomic E-state index is 0.111. The molecule has 120 valence electrons. The normalized spacial score (nSPS) is 17.1. The first-order valence-electron chi connectivity index (χ1n) is 7.65. The molecule has 0 radical (unpaired) electrons. The van der Waals surface area contributed by atoms with E-state index in [4.69, 9.17) is 4.74 Å². The Bertz CT molecular complexity index is 539. The fraction of sp³-hybridized carbons (Fsp3) is 0.500. The van der Waals surface area contributed by atoms with E-state index in [1.165, 1.54) is 0 Å². The number of anilines is 1. The van der Waals surface area contributed by atoms with Crippen molar-refractivity contribution >= 4 is 17.6 Å². The SMILES string of the molecule is CCNC(=O)c1ccc(NC(=O)NC[C@@H]2CCCO2)c(C)c1. The van der Waals surface area contributed by atoms with Crippen LogP contribution in [0.25, 0.3) is 0 Å². The topological polar surface area (TPSA) is 79.5 Å². The fourth-order valence-corrected chi connectivity index (χ4v) is 2.39. The van der Waals surface area contributed by atoms with Crippen molar-refractivity contribution in [2.45, 2.75) is 32.8 Å². The van der Waals surface area contributed by atoms with Gasteiger partial charge in [0.25, 0.3) is 5.91 Å². The van der Waals surface area contributed by atoms with E-state index < -0.39 is 0 Å². The first-order valence-corrected chi connectivity index (χ1v) is 7.65. The van der Waals surface area contributed by atoms with E-state index in [0.717, 1.165) is 25.0 Å². The molecule has 1 heterocycles. The summed E-state index contributed by atoms with van der Waals surface area (Å²) in [6.07, 6.45) is 2.15. The van der Waals surface area contributed by atoms with Crippen LogP contribution >= 0.6 is 0 Å². The number of hydrogen-bond donors (Lipinski definition) is 3. The van der Waals surface area contributed by atoms with Crippen LogP contribution in [0.15, 0.2) is 18.2 Å². The van der Waals surface area contributed by atoms with Crippen molar-refractivity contribution in [3.05, 3.63) is 29.3 Å². The van der Waals surface area contributed by atoms with Gasteiger partial charge in [-0.2, -0.15) is 0 Å². The van der Waals surface area contributed by atoms with Gasteiger partial charge < -0.3 is 20.7 Å². The minimum atomic E-state index is -0.260. The van der Waals surface area contributed by atoms with E-state index in [1.807, 2.05) is 13.8 Å². The molecule has 1 aromatic carbocycles. The molecule has 1 aliphatic rings. The van der Waals surface area contributed by atoms with Gasteiger partial charge in [-0.05, 0) is 50.5 Å².